The Balaban J connectivity index is 1.81. The quantitative estimate of drug-likeness (QED) is 0.379. The zero-order chi connectivity index (χ0) is 20.3. The zero-order valence-corrected chi connectivity index (χ0v) is 18.4. The van der Waals surface area contributed by atoms with Crippen LogP contribution in [-0.4, -0.2) is 28.4 Å². The third-order valence-electron chi connectivity index (χ3n) is 4.82. The molecule has 2 N–H and O–H groups in total. The van der Waals surface area contributed by atoms with Crippen LogP contribution in [-0.2, 0) is 7.05 Å². The highest BCUT2D eigenvalue weighted by atomic mass is 127. The topological polar surface area (TPSA) is 63.5 Å². The number of aliphatic hydroxyl groups excluding tert-OH is 1. The SMILES string of the molecule is CCCOc1ccc(I)cc1C(=O)NC(O)C(C)c1cn(C)c2ccccc12. The molecule has 0 saturated carbocycles. The Hall–Kier alpha value is -2.06. The number of benzene rings is 2. The second-order valence-corrected chi connectivity index (χ2v) is 8.15. The molecule has 3 aromatic rings. The minimum Gasteiger partial charge on any atom is -0.493 e. The van der Waals surface area contributed by atoms with Crippen molar-refractivity contribution in [1.29, 1.82) is 0 Å². The minimum atomic E-state index is -1.02. The first-order valence-electron chi connectivity index (χ1n) is 9.37. The number of aryl methyl sites for hydroxylation is 1. The highest BCUT2D eigenvalue weighted by Crippen LogP contribution is 2.29. The number of nitrogens with one attached hydrogen (secondary N) is 1. The van der Waals surface area contributed by atoms with Crippen LogP contribution < -0.4 is 10.1 Å². The lowest BCUT2D eigenvalue weighted by molar-refractivity contribution is 0.0724. The van der Waals surface area contributed by atoms with Crippen molar-refractivity contribution in [2.24, 2.45) is 7.05 Å². The number of carbonyl (C=O) groups is 1. The predicted molar refractivity (Wildman–Crippen MR) is 120 cm³/mol. The Morgan fingerprint density at radius 3 is 2.79 bits per heavy atom. The molecule has 2 aromatic carbocycles. The molecule has 0 radical (unpaired) electrons. The van der Waals surface area contributed by atoms with Gasteiger partial charge in [-0.2, -0.15) is 0 Å². The summed E-state index contributed by atoms with van der Waals surface area (Å²) in [6.45, 7) is 4.47. The molecule has 0 fully saturated rings. The molecule has 2 atom stereocenters. The van der Waals surface area contributed by atoms with Gasteiger partial charge in [0.15, 0.2) is 0 Å². The van der Waals surface area contributed by atoms with Gasteiger partial charge < -0.3 is 19.7 Å². The summed E-state index contributed by atoms with van der Waals surface area (Å²) in [5.74, 6) is -0.0770. The maximum atomic E-state index is 12.8. The number of carbonyl (C=O) groups excluding carboxylic acids is 1. The molecular weight excluding hydrogens is 467 g/mol. The largest absolute Gasteiger partial charge is 0.493 e. The zero-order valence-electron chi connectivity index (χ0n) is 16.3. The molecule has 0 aliphatic rings. The van der Waals surface area contributed by atoms with E-state index >= 15 is 0 Å². The Bertz CT molecular complexity index is 983. The highest BCUT2D eigenvalue weighted by molar-refractivity contribution is 14.1. The fraction of sp³-hybridized carbons (Fsp3) is 0.318. The number of hydrogen-bond acceptors (Lipinski definition) is 3. The van der Waals surface area contributed by atoms with Crippen LogP contribution >= 0.6 is 22.6 Å². The predicted octanol–water partition coefficient (Wildman–Crippen LogP) is 4.42. The molecule has 0 aliphatic heterocycles. The number of rotatable bonds is 7. The number of fused-ring (bicyclic) bond motifs is 1. The van der Waals surface area contributed by atoms with E-state index in [0.29, 0.717) is 17.9 Å². The first-order valence-corrected chi connectivity index (χ1v) is 10.5. The summed E-state index contributed by atoms with van der Waals surface area (Å²) in [4.78, 5) is 12.8. The lowest BCUT2D eigenvalue weighted by Gasteiger charge is -2.21. The molecule has 0 spiro atoms. The Kier molecular flexibility index (Phi) is 6.61. The van der Waals surface area contributed by atoms with Gasteiger partial charge in [0.1, 0.15) is 12.0 Å². The maximum absolute atomic E-state index is 12.8. The maximum Gasteiger partial charge on any atom is 0.257 e. The number of hydrogen-bond donors (Lipinski definition) is 2. The standard InChI is InChI=1S/C22H25IN2O3/c1-4-11-28-20-10-9-15(23)12-17(20)22(27)24-21(26)14(2)18-13-25(3)19-8-6-5-7-16(18)19/h5-10,12-14,21,26H,4,11H2,1-3H3,(H,24,27). The number of aromatic nitrogens is 1. The van der Waals surface area contributed by atoms with Gasteiger partial charge in [-0.3, -0.25) is 4.79 Å². The fourth-order valence-electron chi connectivity index (χ4n) is 3.26. The van der Waals surface area contributed by atoms with Crippen molar-refractivity contribution in [2.45, 2.75) is 32.4 Å². The molecule has 28 heavy (non-hydrogen) atoms. The van der Waals surface area contributed by atoms with Crippen molar-refractivity contribution >= 4 is 39.4 Å². The van der Waals surface area contributed by atoms with Gasteiger partial charge in [0, 0.05) is 33.6 Å². The first-order chi connectivity index (χ1) is 13.4. The monoisotopic (exact) mass is 492 g/mol. The third kappa shape index (κ3) is 4.33. The number of halogens is 1. The lowest BCUT2D eigenvalue weighted by atomic mass is 9.98. The highest BCUT2D eigenvalue weighted by Gasteiger charge is 2.24. The van der Waals surface area contributed by atoms with Crippen molar-refractivity contribution < 1.29 is 14.6 Å². The Labute approximate surface area is 178 Å². The van der Waals surface area contributed by atoms with E-state index in [0.717, 1.165) is 26.5 Å². The van der Waals surface area contributed by atoms with Gasteiger partial charge in [0.2, 0.25) is 0 Å². The van der Waals surface area contributed by atoms with Gasteiger partial charge in [-0.05, 0) is 58.8 Å². The van der Waals surface area contributed by atoms with Crippen molar-refractivity contribution in [3.8, 4) is 5.75 Å². The van der Waals surface area contributed by atoms with Crippen LogP contribution in [0.2, 0.25) is 0 Å². The van der Waals surface area contributed by atoms with Crippen LogP contribution in [0.25, 0.3) is 10.9 Å². The summed E-state index contributed by atoms with van der Waals surface area (Å²) < 4.78 is 8.67. The molecule has 1 heterocycles. The summed E-state index contributed by atoms with van der Waals surface area (Å²) in [7, 11) is 1.98. The van der Waals surface area contributed by atoms with Crippen LogP contribution in [0.4, 0.5) is 0 Å². The van der Waals surface area contributed by atoms with Crippen molar-refractivity contribution in [3.63, 3.8) is 0 Å². The molecule has 148 valence electrons. The molecule has 2 unspecified atom stereocenters. The number of nitrogens with zero attached hydrogens (tertiary/aromatic N) is 1. The van der Waals surface area contributed by atoms with Gasteiger partial charge in [0.05, 0.1) is 12.2 Å². The average molecular weight is 492 g/mol. The summed E-state index contributed by atoms with van der Waals surface area (Å²) in [5, 5.41) is 14.5. The van der Waals surface area contributed by atoms with E-state index in [1.807, 2.05) is 62.0 Å². The summed E-state index contributed by atoms with van der Waals surface area (Å²) in [6, 6.07) is 13.5. The summed E-state index contributed by atoms with van der Waals surface area (Å²) >= 11 is 2.16. The molecule has 0 aliphatic carbocycles. The molecule has 0 saturated heterocycles. The molecular formula is C22H25IN2O3. The smallest absolute Gasteiger partial charge is 0.257 e. The van der Waals surface area contributed by atoms with Crippen molar-refractivity contribution in [3.05, 3.63) is 63.4 Å². The number of ether oxygens (including phenoxy) is 1. The van der Waals surface area contributed by atoms with Crippen LogP contribution in [0.5, 0.6) is 5.75 Å². The summed E-state index contributed by atoms with van der Waals surface area (Å²) in [6.07, 6.45) is 1.84. The molecule has 5 nitrogen and oxygen atoms in total. The molecule has 1 amide bonds. The van der Waals surface area contributed by atoms with Gasteiger partial charge in [-0.15, -0.1) is 0 Å². The van der Waals surface area contributed by atoms with Crippen LogP contribution in [0.15, 0.2) is 48.7 Å². The first kappa shape index (κ1) is 20.7. The van der Waals surface area contributed by atoms with Crippen LogP contribution in [0.1, 0.15) is 42.1 Å². The van der Waals surface area contributed by atoms with E-state index in [2.05, 4.69) is 27.9 Å². The normalized spacial score (nSPS) is 13.3. The third-order valence-corrected chi connectivity index (χ3v) is 5.49. The summed E-state index contributed by atoms with van der Waals surface area (Å²) in [5.41, 5.74) is 2.52. The lowest BCUT2D eigenvalue weighted by Crippen LogP contribution is -2.38. The van der Waals surface area contributed by atoms with Crippen molar-refractivity contribution in [1.82, 2.24) is 9.88 Å². The van der Waals surface area contributed by atoms with Gasteiger partial charge in [0.25, 0.3) is 5.91 Å². The average Bonchev–Trinajstić information content (AvgIpc) is 3.03. The van der Waals surface area contributed by atoms with E-state index in [9.17, 15) is 9.90 Å². The van der Waals surface area contributed by atoms with Crippen LogP contribution in [0, 0.1) is 3.57 Å². The molecule has 6 heteroatoms. The molecule has 1 aromatic heterocycles. The van der Waals surface area contributed by atoms with Crippen molar-refractivity contribution in [2.75, 3.05) is 6.61 Å². The second kappa shape index (κ2) is 8.96. The van der Waals surface area contributed by atoms with E-state index in [4.69, 9.17) is 4.74 Å². The Morgan fingerprint density at radius 2 is 2.04 bits per heavy atom. The van der Waals surface area contributed by atoms with E-state index in [-0.39, 0.29) is 11.8 Å². The number of para-hydroxylation sites is 1. The van der Waals surface area contributed by atoms with E-state index < -0.39 is 6.23 Å². The molecule has 3 rings (SSSR count). The van der Waals surface area contributed by atoms with Gasteiger partial charge in [-0.25, -0.2) is 0 Å². The number of amides is 1. The van der Waals surface area contributed by atoms with Gasteiger partial charge >= 0.3 is 0 Å². The van der Waals surface area contributed by atoms with Gasteiger partial charge in [-0.1, -0.05) is 32.0 Å². The fourth-order valence-corrected chi connectivity index (χ4v) is 3.75. The number of aliphatic hydroxyl groups is 1. The van der Waals surface area contributed by atoms with Crippen LogP contribution in [0.3, 0.4) is 0 Å². The Morgan fingerprint density at radius 1 is 1.29 bits per heavy atom. The van der Waals surface area contributed by atoms with E-state index in [1.165, 1.54) is 0 Å². The second-order valence-electron chi connectivity index (χ2n) is 6.91. The minimum absolute atomic E-state index is 0.266. The molecule has 0 bridgehead atoms. The van der Waals surface area contributed by atoms with E-state index in [1.54, 1.807) is 12.1 Å².